The Morgan fingerprint density at radius 3 is 2.23 bits per heavy atom. The van der Waals surface area contributed by atoms with Crippen LogP contribution in [0.5, 0.6) is 0 Å². The van der Waals surface area contributed by atoms with E-state index in [2.05, 4.69) is 5.32 Å². The third kappa shape index (κ3) is 5.17. The molecule has 1 amide bonds. The summed E-state index contributed by atoms with van der Waals surface area (Å²) in [4.78, 5) is 12.9. The van der Waals surface area contributed by atoms with Crippen LogP contribution in [-0.2, 0) is 24.8 Å². The molecule has 1 aromatic carbocycles. The summed E-state index contributed by atoms with van der Waals surface area (Å²) in [5.74, 6) is -0.378. The predicted molar refractivity (Wildman–Crippen MR) is 120 cm³/mol. The molecule has 0 saturated carbocycles. The van der Waals surface area contributed by atoms with Gasteiger partial charge in [-0.05, 0) is 48.9 Å². The van der Waals surface area contributed by atoms with Gasteiger partial charge in [-0.15, -0.1) is 11.3 Å². The Balaban J connectivity index is 1.57. The zero-order chi connectivity index (χ0) is 22.8. The van der Waals surface area contributed by atoms with Gasteiger partial charge in [0.05, 0.1) is 10.9 Å². The highest BCUT2D eigenvalue weighted by Gasteiger charge is 2.33. The van der Waals surface area contributed by atoms with E-state index in [0.29, 0.717) is 30.1 Å². The predicted octanol–water partition coefficient (Wildman–Crippen LogP) is 2.28. The van der Waals surface area contributed by atoms with E-state index in [4.69, 9.17) is 0 Å². The van der Waals surface area contributed by atoms with Crippen LogP contribution in [0.1, 0.15) is 31.4 Å². The van der Waals surface area contributed by atoms with E-state index >= 15 is 0 Å². The lowest BCUT2D eigenvalue weighted by Gasteiger charge is -2.30. The average Bonchev–Trinajstić information content (AvgIpc) is 3.29. The van der Waals surface area contributed by atoms with Crippen LogP contribution in [0.2, 0.25) is 0 Å². The fourth-order valence-electron chi connectivity index (χ4n) is 3.45. The van der Waals surface area contributed by atoms with Crippen molar-refractivity contribution < 1.29 is 21.6 Å². The fourth-order valence-corrected chi connectivity index (χ4v) is 6.97. The van der Waals surface area contributed by atoms with Crippen LogP contribution in [0, 0.1) is 5.92 Å². The number of nitrogens with zero attached hydrogens (tertiary/aromatic N) is 2. The zero-order valence-electron chi connectivity index (χ0n) is 17.7. The number of carbonyl (C=O) groups is 1. The van der Waals surface area contributed by atoms with Crippen molar-refractivity contribution in [1.29, 1.82) is 0 Å². The van der Waals surface area contributed by atoms with Gasteiger partial charge in [0.1, 0.15) is 4.21 Å². The van der Waals surface area contributed by atoms with Gasteiger partial charge in [-0.3, -0.25) is 4.79 Å². The average molecular weight is 486 g/mol. The number of amides is 1. The highest BCUT2D eigenvalue weighted by molar-refractivity contribution is 7.91. The first-order chi connectivity index (χ1) is 14.5. The first-order valence-corrected chi connectivity index (χ1v) is 13.7. The first-order valence-electron chi connectivity index (χ1n) is 9.90. The molecular weight excluding hydrogens is 458 g/mol. The zero-order valence-corrected chi connectivity index (χ0v) is 20.1. The van der Waals surface area contributed by atoms with E-state index in [0.717, 1.165) is 9.87 Å². The lowest BCUT2D eigenvalue weighted by Crippen LogP contribution is -2.43. The van der Waals surface area contributed by atoms with Gasteiger partial charge >= 0.3 is 0 Å². The quantitative estimate of drug-likeness (QED) is 0.648. The lowest BCUT2D eigenvalue weighted by atomic mass is 9.96. The van der Waals surface area contributed by atoms with Crippen molar-refractivity contribution in [3.8, 4) is 0 Å². The van der Waals surface area contributed by atoms with Gasteiger partial charge < -0.3 is 5.32 Å². The van der Waals surface area contributed by atoms with Crippen molar-refractivity contribution in [1.82, 2.24) is 13.9 Å². The molecule has 11 heteroatoms. The maximum Gasteiger partial charge on any atom is 0.252 e. The summed E-state index contributed by atoms with van der Waals surface area (Å²) in [5.41, 5.74) is 0.795. The van der Waals surface area contributed by atoms with Crippen LogP contribution in [0.25, 0.3) is 0 Å². The van der Waals surface area contributed by atoms with Crippen LogP contribution in [-0.4, -0.2) is 58.5 Å². The standard InChI is InChI=1S/C20H27N3O5S3/c1-15(16-6-8-18(9-7-16)30(25,26)22(2)3)21-20(24)17-10-12-23(13-11-17)31(27,28)19-5-4-14-29-19/h4-9,14-15,17H,10-13H2,1-3H3,(H,21,24). The molecule has 1 saturated heterocycles. The van der Waals surface area contributed by atoms with Crippen molar-refractivity contribution in [2.45, 2.75) is 34.9 Å². The second-order valence-electron chi connectivity index (χ2n) is 7.70. The van der Waals surface area contributed by atoms with E-state index in [9.17, 15) is 21.6 Å². The molecule has 1 N–H and O–H groups in total. The normalized spacial score (nSPS) is 17.5. The molecule has 1 aliphatic rings. The summed E-state index contributed by atoms with van der Waals surface area (Å²) in [6, 6.07) is 9.45. The Bertz CT molecular complexity index is 1100. The van der Waals surface area contributed by atoms with Crippen molar-refractivity contribution in [2.24, 2.45) is 5.92 Å². The van der Waals surface area contributed by atoms with Gasteiger partial charge in [-0.2, -0.15) is 4.31 Å². The number of hydrogen-bond donors (Lipinski definition) is 1. The molecule has 31 heavy (non-hydrogen) atoms. The highest BCUT2D eigenvalue weighted by Crippen LogP contribution is 2.27. The second kappa shape index (κ2) is 9.37. The van der Waals surface area contributed by atoms with Crippen LogP contribution in [0.4, 0.5) is 0 Å². The Morgan fingerprint density at radius 2 is 1.71 bits per heavy atom. The van der Waals surface area contributed by atoms with E-state index in [-0.39, 0.29) is 22.8 Å². The minimum absolute atomic E-state index is 0.120. The molecule has 170 valence electrons. The summed E-state index contributed by atoms with van der Waals surface area (Å²) >= 11 is 1.19. The molecule has 1 aromatic heterocycles. The van der Waals surface area contributed by atoms with E-state index in [1.54, 1.807) is 29.6 Å². The Kier molecular flexibility index (Phi) is 7.21. The van der Waals surface area contributed by atoms with E-state index < -0.39 is 20.0 Å². The molecule has 2 aromatic rings. The fraction of sp³-hybridized carbons (Fsp3) is 0.450. The van der Waals surface area contributed by atoms with Gasteiger partial charge in [0, 0.05) is 33.1 Å². The summed E-state index contributed by atoms with van der Waals surface area (Å²) < 4.78 is 52.5. The number of sulfonamides is 2. The summed E-state index contributed by atoms with van der Waals surface area (Å²) in [6.07, 6.45) is 0.923. The van der Waals surface area contributed by atoms with Crippen molar-refractivity contribution in [2.75, 3.05) is 27.2 Å². The van der Waals surface area contributed by atoms with Gasteiger partial charge in [-0.25, -0.2) is 21.1 Å². The molecule has 1 unspecified atom stereocenters. The van der Waals surface area contributed by atoms with Gasteiger partial charge in [0.2, 0.25) is 15.9 Å². The van der Waals surface area contributed by atoms with Gasteiger partial charge in [0.25, 0.3) is 10.0 Å². The number of nitrogens with one attached hydrogen (secondary N) is 1. The lowest BCUT2D eigenvalue weighted by molar-refractivity contribution is -0.126. The monoisotopic (exact) mass is 485 g/mol. The maximum absolute atomic E-state index is 12.7. The smallest absolute Gasteiger partial charge is 0.252 e. The molecular formula is C20H27N3O5S3. The second-order valence-corrected chi connectivity index (χ2v) is 13.0. The Morgan fingerprint density at radius 1 is 1.10 bits per heavy atom. The third-order valence-electron chi connectivity index (χ3n) is 5.43. The minimum atomic E-state index is -3.50. The largest absolute Gasteiger partial charge is 0.349 e. The Labute approximate surface area is 188 Å². The highest BCUT2D eigenvalue weighted by atomic mass is 32.2. The summed E-state index contributed by atoms with van der Waals surface area (Å²) in [7, 11) is -4.04. The third-order valence-corrected chi connectivity index (χ3v) is 10.5. The molecule has 0 aliphatic carbocycles. The molecule has 2 heterocycles. The molecule has 8 nitrogen and oxygen atoms in total. The van der Waals surface area contributed by atoms with Gasteiger partial charge in [-0.1, -0.05) is 18.2 Å². The summed E-state index contributed by atoms with van der Waals surface area (Å²) in [5, 5.41) is 4.70. The van der Waals surface area contributed by atoms with Crippen LogP contribution >= 0.6 is 11.3 Å². The summed E-state index contributed by atoms with van der Waals surface area (Å²) in [6.45, 7) is 2.46. The minimum Gasteiger partial charge on any atom is -0.349 e. The number of piperidine rings is 1. The number of hydrogen-bond acceptors (Lipinski definition) is 6. The van der Waals surface area contributed by atoms with Crippen molar-refractivity contribution in [3.63, 3.8) is 0 Å². The SMILES string of the molecule is CC(NC(=O)C1CCN(S(=O)(=O)c2cccs2)CC1)c1ccc(S(=O)(=O)N(C)C)cc1. The number of rotatable bonds is 7. The van der Waals surface area contributed by atoms with E-state index in [1.165, 1.54) is 41.9 Å². The number of thiophene rings is 1. The molecule has 1 atom stereocenters. The number of carbonyl (C=O) groups excluding carboxylic acids is 1. The van der Waals surface area contributed by atoms with Crippen LogP contribution in [0.3, 0.4) is 0 Å². The van der Waals surface area contributed by atoms with E-state index in [1.807, 2.05) is 6.92 Å². The number of benzene rings is 1. The molecule has 0 radical (unpaired) electrons. The maximum atomic E-state index is 12.7. The van der Waals surface area contributed by atoms with Gasteiger partial charge in [0.15, 0.2) is 0 Å². The Hall–Kier alpha value is -1.79. The van der Waals surface area contributed by atoms with Crippen molar-refractivity contribution >= 4 is 37.3 Å². The molecule has 0 bridgehead atoms. The van der Waals surface area contributed by atoms with Crippen molar-refractivity contribution in [3.05, 3.63) is 47.3 Å². The first kappa shape index (κ1) is 23.9. The van der Waals surface area contributed by atoms with Crippen LogP contribution in [0.15, 0.2) is 50.9 Å². The molecule has 3 rings (SSSR count). The molecule has 1 fully saturated rings. The van der Waals surface area contributed by atoms with Crippen LogP contribution < -0.4 is 5.32 Å². The topological polar surface area (TPSA) is 104 Å². The molecule has 0 spiro atoms. The molecule has 1 aliphatic heterocycles.